The fourth-order valence-electron chi connectivity index (χ4n) is 4.52. The van der Waals surface area contributed by atoms with Crippen LogP contribution in [0.1, 0.15) is 71.6 Å². The van der Waals surface area contributed by atoms with Gasteiger partial charge < -0.3 is 15.5 Å². The van der Waals surface area contributed by atoms with Crippen molar-refractivity contribution in [3.05, 3.63) is 41.6 Å². The van der Waals surface area contributed by atoms with E-state index in [0.717, 1.165) is 17.4 Å². The van der Waals surface area contributed by atoms with Crippen molar-refractivity contribution in [1.29, 1.82) is 0 Å². The van der Waals surface area contributed by atoms with Crippen LogP contribution in [0.5, 0.6) is 0 Å². The highest BCUT2D eigenvalue weighted by atomic mass is 19.3. The molecule has 0 bridgehead atoms. The first-order chi connectivity index (χ1) is 18.4. The molecule has 9 nitrogen and oxygen atoms in total. The summed E-state index contributed by atoms with van der Waals surface area (Å²) in [5.74, 6) is -0.257. The van der Waals surface area contributed by atoms with Gasteiger partial charge in [-0.15, -0.1) is 0 Å². The summed E-state index contributed by atoms with van der Waals surface area (Å²) in [5, 5.41) is 5.85. The number of aromatic nitrogens is 4. The molecule has 3 aromatic rings. The predicted octanol–water partition coefficient (Wildman–Crippen LogP) is 5.24. The van der Waals surface area contributed by atoms with Gasteiger partial charge in [0.15, 0.2) is 11.6 Å². The third kappa shape index (κ3) is 3.98. The van der Waals surface area contributed by atoms with Crippen molar-refractivity contribution in [2.24, 2.45) is 5.92 Å². The van der Waals surface area contributed by atoms with Gasteiger partial charge in [-0.2, -0.15) is 8.78 Å². The number of rotatable bonds is 7. The van der Waals surface area contributed by atoms with Crippen molar-refractivity contribution in [3.63, 3.8) is 0 Å². The zero-order valence-corrected chi connectivity index (χ0v) is 20.0. The molecule has 1 fully saturated rings. The summed E-state index contributed by atoms with van der Waals surface area (Å²) in [6, 6.07) is 2.65. The topological polar surface area (TPSA) is 105 Å². The summed E-state index contributed by atoms with van der Waals surface area (Å²) in [6.07, 6.45) is 3.60. The van der Waals surface area contributed by atoms with Gasteiger partial charge in [-0.3, -0.25) is 14.2 Å². The van der Waals surface area contributed by atoms with Crippen LogP contribution >= 0.6 is 0 Å². The molecule has 0 radical (unpaired) electrons. The van der Waals surface area contributed by atoms with Crippen molar-refractivity contribution < 1.29 is 22.5 Å². The maximum Gasteiger partial charge on any atom is 0.320 e. The highest BCUT2D eigenvalue weighted by Gasteiger charge is 2.35. The molecular formula is C25H27F2N7O2. The minimum absolute atomic E-state index is 0.0139. The molecule has 2 aliphatic rings. The lowest BCUT2D eigenvalue weighted by Crippen LogP contribution is -2.29. The summed E-state index contributed by atoms with van der Waals surface area (Å²) < 4.78 is 51.2. The van der Waals surface area contributed by atoms with Crippen molar-refractivity contribution in [2.75, 3.05) is 22.6 Å². The summed E-state index contributed by atoms with van der Waals surface area (Å²) in [4.78, 5) is 40.1. The van der Waals surface area contributed by atoms with Crippen LogP contribution in [0.4, 0.5) is 31.8 Å². The first kappa shape index (κ1) is 20.3. The number of carbonyl (C=O) groups is 2. The Morgan fingerprint density at radius 2 is 2.08 bits per heavy atom. The van der Waals surface area contributed by atoms with Gasteiger partial charge in [0, 0.05) is 47.5 Å². The molecule has 0 spiro atoms. The summed E-state index contributed by atoms with van der Waals surface area (Å²) >= 11 is 0. The zero-order chi connectivity index (χ0) is 28.2. The van der Waals surface area contributed by atoms with E-state index in [1.807, 2.05) is 0 Å². The second-order valence-electron chi connectivity index (χ2n) is 8.99. The van der Waals surface area contributed by atoms with Crippen LogP contribution in [-0.2, 0) is 4.79 Å². The zero-order valence-electron chi connectivity index (χ0n) is 23.0. The number of anilines is 4. The normalized spacial score (nSPS) is 18.1. The minimum Gasteiger partial charge on any atom is -0.363 e. The maximum absolute atomic E-state index is 13.9. The third-order valence-corrected chi connectivity index (χ3v) is 6.65. The molecule has 1 aliphatic carbocycles. The van der Waals surface area contributed by atoms with Crippen molar-refractivity contribution >= 4 is 34.7 Å². The number of hydrogen-bond acceptors (Lipinski definition) is 7. The third-order valence-electron chi connectivity index (χ3n) is 6.65. The molecule has 11 heteroatoms. The number of imidazole rings is 1. The van der Waals surface area contributed by atoms with Crippen LogP contribution in [-0.4, -0.2) is 38.3 Å². The van der Waals surface area contributed by atoms with Crippen LogP contribution in [0, 0.1) is 12.8 Å². The number of fused-ring (bicyclic) bond motifs is 3. The number of carbonyl (C=O) groups excluding carboxylic acids is 2. The van der Waals surface area contributed by atoms with Crippen LogP contribution in [0.3, 0.4) is 0 Å². The molecule has 2 N–H and O–H groups in total. The SMILES string of the molecule is [2H]C([2H])([2H])CC(=O)c1cnc(NC(=O)C2CC2)cc1Nc1nccc2c1N(C)C(C)c1c-2nc(C)n1C(F)F. The monoisotopic (exact) mass is 498 g/mol. The number of halogens is 2. The summed E-state index contributed by atoms with van der Waals surface area (Å²) in [7, 11) is 1.74. The predicted molar refractivity (Wildman–Crippen MR) is 132 cm³/mol. The number of ketones is 1. The number of pyridine rings is 2. The Morgan fingerprint density at radius 1 is 1.31 bits per heavy atom. The van der Waals surface area contributed by atoms with Gasteiger partial charge in [-0.25, -0.2) is 15.0 Å². The average Bonchev–Trinajstić information content (AvgIpc) is 3.63. The van der Waals surface area contributed by atoms with Gasteiger partial charge in [-0.05, 0) is 32.8 Å². The molecule has 1 unspecified atom stereocenters. The molecular weight excluding hydrogens is 468 g/mol. The van der Waals surface area contributed by atoms with Gasteiger partial charge >= 0.3 is 6.55 Å². The molecule has 3 aromatic heterocycles. The van der Waals surface area contributed by atoms with E-state index in [0.29, 0.717) is 28.5 Å². The Balaban J connectivity index is 1.59. The number of Topliss-reactive ketones (excluding diaryl/α,β-unsaturated/α-hetero) is 1. The van der Waals surface area contributed by atoms with E-state index in [1.54, 1.807) is 24.9 Å². The van der Waals surface area contributed by atoms with Crippen LogP contribution in [0.2, 0.25) is 0 Å². The van der Waals surface area contributed by atoms with Crippen LogP contribution < -0.4 is 15.5 Å². The molecule has 1 amide bonds. The van der Waals surface area contributed by atoms with Gasteiger partial charge in [-0.1, -0.05) is 6.85 Å². The van der Waals surface area contributed by atoms with Gasteiger partial charge in [0.1, 0.15) is 11.6 Å². The van der Waals surface area contributed by atoms with E-state index in [-0.39, 0.29) is 34.7 Å². The van der Waals surface area contributed by atoms with Crippen LogP contribution in [0.25, 0.3) is 11.3 Å². The Kier molecular flexibility index (Phi) is 5.06. The second-order valence-corrected chi connectivity index (χ2v) is 8.99. The fraction of sp³-hybridized carbons (Fsp3) is 0.400. The molecule has 1 saturated carbocycles. The molecule has 1 atom stereocenters. The fourth-order valence-corrected chi connectivity index (χ4v) is 4.52. The Morgan fingerprint density at radius 3 is 2.78 bits per heavy atom. The molecule has 0 saturated heterocycles. The Hall–Kier alpha value is -3.89. The summed E-state index contributed by atoms with van der Waals surface area (Å²) in [6.45, 7) is -1.95. The van der Waals surface area contributed by atoms with E-state index in [2.05, 4.69) is 25.6 Å². The number of aryl methyl sites for hydroxylation is 1. The lowest BCUT2D eigenvalue weighted by Gasteiger charge is -2.35. The van der Waals surface area contributed by atoms with E-state index in [9.17, 15) is 18.4 Å². The highest BCUT2D eigenvalue weighted by molar-refractivity contribution is 6.03. The number of nitrogens with zero attached hydrogens (tertiary/aromatic N) is 5. The molecule has 1 aliphatic heterocycles. The second kappa shape index (κ2) is 8.96. The standard InChI is InChI=1S/C25H27F2N7O2/c1-5-18(35)16-11-29-19(32-24(36)14-6-7-14)10-17(16)31-23-22-15(8-9-28-23)20-21(12(2)33(22)4)34(25(26)27)13(3)30-20/h8-12,14,25H,5-7H2,1-4H3,(H2,28,29,31,32,36)/i1D3. The van der Waals surface area contributed by atoms with E-state index >= 15 is 0 Å². The Bertz CT molecular complexity index is 1470. The average molecular weight is 499 g/mol. The first-order valence-electron chi connectivity index (χ1n) is 13.1. The summed E-state index contributed by atoms with van der Waals surface area (Å²) in [5.41, 5.74) is 2.12. The highest BCUT2D eigenvalue weighted by Crippen LogP contribution is 2.48. The van der Waals surface area contributed by atoms with Crippen molar-refractivity contribution in [1.82, 2.24) is 19.5 Å². The molecule has 4 heterocycles. The smallest absolute Gasteiger partial charge is 0.320 e. The van der Waals surface area contributed by atoms with E-state index in [1.165, 1.54) is 25.4 Å². The van der Waals surface area contributed by atoms with Crippen LogP contribution in [0.15, 0.2) is 24.5 Å². The molecule has 188 valence electrons. The van der Waals surface area contributed by atoms with E-state index < -0.39 is 31.6 Å². The first-order valence-corrected chi connectivity index (χ1v) is 11.6. The molecule has 5 rings (SSSR count). The van der Waals surface area contributed by atoms with Crippen molar-refractivity contribution in [2.45, 2.75) is 52.6 Å². The Labute approximate surface area is 211 Å². The number of alkyl halides is 2. The largest absolute Gasteiger partial charge is 0.363 e. The number of nitrogens with one attached hydrogen (secondary N) is 2. The minimum atomic E-state index is -2.76. The van der Waals surface area contributed by atoms with Gasteiger partial charge in [0.2, 0.25) is 5.91 Å². The molecule has 0 aromatic carbocycles. The van der Waals surface area contributed by atoms with Crippen molar-refractivity contribution in [3.8, 4) is 11.3 Å². The quantitative estimate of drug-likeness (QED) is 0.429. The number of hydrogen-bond donors (Lipinski definition) is 2. The lowest BCUT2D eigenvalue weighted by atomic mass is 9.98. The van der Waals surface area contributed by atoms with Gasteiger partial charge in [0.05, 0.1) is 34.4 Å². The van der Waals surface area contributed by atoms with Gasteiger partial charge in [0.25, 0.3) is 0 Å². The molecule has 36 heavy (non-hydrogen) atoms. The number of amides is 1. The maximum atomic E-state index is 13.9. The van der Waals surface area contributed by atoms with E-state index in [4.69, 9.17) is 4.11 Å². The lowest BCUT2D eigenvalue weighted by molar-refractivity contribution is -0.117.